The van der Waals surface area contributed by atoms with Crippen LogP contribution in [0.25, 0.3) is 11.1 Å². The zero-order valence-electron chi connectivity index (χ0n) is 11.7. The summed E-state index contributed by atoms with van der Waals surface area (Å²) in [6.07, 6.45) is 2.76. The van der Waals surface area contributed by atoms with Gasteiger partial charge in [-0.15, -0.1) is 0 Å². The zero-order chi connectivity index (χ0) is 15.0. The van der Waals surface area contributed by atoms with Crippen LogP contribution in [-0.2, 0) is 12.8 Å². The maximum absolute atomic E-state index is 13.6. The Bertz CT molecular complexity index is 749. The van der Waals surface area contributed by atoms with E-state index < -0.39 is 0 Å². The van der Waals surface area contributed by atoms with Crippen molar-refractivity contribution in [1.82, 2.24) is 4.98 Å². The van der Waals surface area contributed by atoms with E-state index in [2.05, 4.69) is 18.0 Å². The second kappa shape index (κ2) is 5.46. The molecule has 1 heterocycles. The molecule has 4 heteroatoms. The highest BCUT2D eigenvalue weighted by Crippen LogP contribution is 2.37. The van der Waals surface area contributed by atoms with Crippen LogP contribution in [0.4, 0.5) is 4.39 Å². The standard InChI is InChI=1S/C17H14ClFN2/c1-10-5-6-15-13(7-10)16(14(9-20)17(18)21-15)11-3-2-4-12(19)8-11/h2-4,8,10H,5-7H2,1H3/t10-/m1/s1. The van der Waals surface area contributed by atoms with Crippen molar-refractivity contribution >= 4 is 11.6 Å². The molecule has 2 aromatic rings. The first-order valence-electron chi connectivity index (χ1n) is 6.97. The molecular formula is C17H14ClFN2. The van der Waals surface area contributed by atoms with E-state index >= 15 is 0 Å². The highest BCUT2D eigenvalue weighted by Gasteiger charge is 2.25. The van der Waals surface area contributed by atoms with Gasteiger partial charge in [-0.25, -0.2) is 9.37 Å². The highest BCUT2D eigenvalue weighted by molar-refractivity contribution is 6.31. The highest BCUT2D eigenvalue weighted by atomic mass is 35.5. The van der Waals surface area contributed by atoms with E-state index in [1.165, 1.54) is 12.1 Å². The Morgan fingerprint density at radius 2 is 2.24 bits per heavy atom. The Balaban J connectivity index is 2.31. The summed E-state index contributed by atoms with van der Waals surface area (Å²) in [5.41, 5.74) is 3.77. The third kappa shape index (κ3) is 2.52. The van der Waals surface area contributed by atoms with Gasteiger partial charge in [-0.2, -0.15) is 5.26 Å². The number of nitriles is 1. The van der Waals surface area contributed by atoms with Gasteiger partial charge in [0.2, 0.25) is 0 Å². The lowest BCUT2D eigenvalue weighted by atomic mass is 9.82. The number of rotatable bonds is 1. The number of pyridine rings is 1. The number of fused-ring (bicyclic) bond motifs is 1. The summed E-state index contributed by atoms with van der Waals surface area (Å²) < 4.78 is 13.6. The minimum absolute atomic E-state index is 0.213. The Hall–Kier alpha value is -1.92. The van der Waals surface area contributed by atoms with E-state index in [9.17, 15) is 9.65 Å². The van der Waals surface area contributed by atoms with E-state index in [0.29, 0.717) is 17.0 Å². The molecule has 0 radical (unpaired) electrons. The topological polar surface area (TPSA) is 36.7 Å². The molecule has 2 nitrogen and oxygen atoms in total. The van der Waals surface area contributed by atoms with Gasteiger partial charge in [-0.3, -0.25) is 0 Å². The maximum Gasteiger partial charge on any atom is 0.147 e. The van der Waals surface area contributed by atoms with Crippen LogP contribution in [0.15, 0.2) is 24.3 Å². The number of hydrogen-bond donors (Lipinski definition) is 0. The van der Waals surface area contributed by atoms with E-state index in [1.807, 2.05) is 6.07 Å². The lowest BCUT2D eigenvalue weighted by Gasteiger charge is -2.24. The Morgan fingerprint density at radius 3 is 2.95 bits per heavy atom. The van der Waals surface area contributed by atoms with Crippen LogP contribution in [0.1, 0.15) is 30.2 Å². The number of halogens is 2. The third-order valence-electron chi connectivity index (χ3n) is 3.99. The fourth-order valence-corrected chi connectivity index (χ4v) is 3.20. The summed E-state index contributed by atoms with van der Waals surface area (Å²) in [7, 11) is 0. The van der Waals surface area contributed by atoms with Crippen LogP contribution in [0, 0.1) is 23.1 Å². The van der Waals surface area contributed by atoms with Gasteiger partial charge >= 0.3 is 0 Å². The number of aromatic nitrogens is 1. The van der Waals surface area contributed by atoms with Gasteiger partial charge < -0.3 is 0 Å². The molecule has 3 rings (SSSR count). The molecule has 21 heavy (non-hydrogen) atoms. The average molecular weight is 301 g/mol. The van der Waals surface area contributed by atoms with Crippen molar-refractivity contribution in [3.8, 4) is 17.2 Å². The third-order valence-corrected chi connectivity index (χ3v) is 4.26. The molecule has 0 fully saturated rings. The van der Waals surface area contributed by atoms with Crippen molar-refractivity contribution in [3.05, 3.63) is 52.1 Å². The van der Waals surface area contributed by atoms with E-state index in [0.717, 1.165) is 36.1 Å². The minimum Gasteiger partial charge on any atom is -0.239 e. The van der Waals surface area contributed by atoms with Crippen molar-refractivity contribution in [2.75, 3.05) is 0 Å². The first-order valence-corrected chi connectivity index (χ1v) is 7.35. The molecule has 106 valence electrons. The zero-order valence-corrected chi connectivity index (χ0v) is 12.4. The molecule has 0 saturated heterocycles. The van der Waals surface area contributed by atoms with Gasteiger partial charge in [0, 0.05) is 11.3 Å². The van der Waals surface area contributed by atoms with Crippen LogP contribution in [-0.4, -0.2) is 4.98 Å². The average Bonchev–Trinajstić information content (AvgIpc) is 2.46. The second-order valence-electron chi connectivity index (χ2n) is 5.55. The number of nitrogens with zero attached hydrogens (tertiary/aromatic N) is 2. The fraction of sp³-hybridized carbons (Fsp3) is 0.294. The molecule has 0 bridgehead atoms. The molecule has 1 aliphatic carbocycles. The van der Waals surface area contributed by atoms with Crippen molar-refractivity contribution in [1.29, 1.82) is 5.26 Å². The quantitative estimate of drug-likeness (QED) is 0.725. The Labute approximate surface area is 128 Å². The molecular weight excluding hydrogens is 287 g/mol. The van der Waals surface area contributed by atoms with Gasteiger partial charge in [-0.1, -0.05) is 30.7 Å². The molecule has 0 amide bonds. The van der Waals surface area contributed by atoms with Crippen LogP contribution in [0.5, 0.6) is 0 Å². The normalized spacial score (nSPS) is 17.1. The van der Waals surface area contributed by atoms with Crippen LogP contribution in [0.2, 0.25) is 5.15 Å². The smallest absolute Gasteiger partial charge is 0.147 e. The maximum atomic E-state index is 13.6. The first kappa shape index (κ1) is 14.0. The predicted octanol–water partition coefficient (Wildman–Crippen LogP) is 4.54. The Kier molecular flexibility index (Phi) is 3.65. The summed E-state index contributed by atoms with van der Waals surface area (Å²) in [6, 6.07) is 8.44. The lowest BCUT2D eigenvalue weighted by molar-refractivity contribution is 0.494. The van der Waals surface area contributed by atoms with E-state index in [4.69, 9.17) is 11.6 Å². The Morgan fingerprint density at radius 1 is 1.43 bits per heavy atom. The molecule has 1 aliphatic rings. The molecule has 1 atom stereocenters. The van der Waals surface area contributed by atoms with Crippen LogP contribution < -0.4 is 0 Å². The van der Waals surface area contributed by atoms with Gasteiger partial charge in [0.05, 0.1) is 5.56 Å². The summed E-state index contributed by atoms with van der Waals surface area (Å²) >= 11 is 6.17. The van der Waals surface area contributed by atoms with Crippen LogP contribution in [0.3, 0.4) is 0 Å². The monoisotopic (exact) mass is 300 g/mol. The van der Waals surface area contributed by atoms with Crippen molar-refractivity contribution in [3.63, 3.8) is 0 Å². The van der Waals surface area contributed by atoms with Crippen molar-refractivity contribution in [2.45, 2.75) is 26.2 Å². The summed E-state index contributed by atoms with van der Waals surface area (Å²) in [6.45, 7) is 2.18. The number of benzene rings is 1. The fourth-order valence-electron chi connectivity index (χ4n) is 2.97. The molecule has 0 unspecified atom stereocenters. The number of hydrogen-bond acceptors (Lipinski definition) is 2. The summed E-state index contributed by atoms with van der Waals surface area (Å²) in [4.78, 5) is 4.38. The molecule has 0 aliphatic heterocycles. The SMILES string of the molecule is C[C@@H]1CCc2nc(Cl)c(C#N)c(-c3cccc(F)c3)c2C1. The number of aryl methyl sites for hydroxylation is 1. The van der Waals surface area contributed by atoms with Crippen molar-refractivity contribution < 1.29 is 4.39 Å². The first-order chi connectivity index (χ1) is 10.1. The minimum atomic E-state index is -0.318. The van der Waals surface area contributed by atoms with Gasteiger partial charge in [-0.05, 0) is 48.4 Å². The van der Waals surface area contributed by atoms with Crippen LogP contribution >= 0.6 is 11.6 Å². The predicted molar refractivity (Wildman–Crippen MR) is 80.5 cm³/mol. The van der Waals surface area contributed by atoms with Crippen molar-refractivity contribution in [2.24, 2.45) is 5.92 Å². The molecule has 1 aromatic carbocycles. The molecule has 0 N–H and O–H groups in total. The molecule has 0 spiro atoms. The lowest BCUT2D eigenvalue weighted by Crippen LogP contribution is -2.15. The van der Waals surface area contributed by atoms with Gasteiger partial charge in [0.25, 0.3) is 0 Å². The summed E-state index contributed by atoms with van der Waals surface area (Å²) in [5, 5.41) is 9.64. The van der Waals surface area contributed by atoms with Gasteiger partial charge in [0.15, 0.2) is 0 Å². The molecule has 1 aromatic heterocycles. The largest absolute Gasteiger partial charge is 0.239 e. The van der Waals surface area contributed by atoms with Gasteiger partial charge in [0.1, 0.15) is 17.0 Å². The van der Waals surface area contributed by atoms with E-state index in [-0.39, 0.29) is 11.0 Å². The van der Waals surface area contributed by atoms with E-state index in [1.54, 1.807) is 6.07 Å². The molecule has 0 saturated carbocycles. The summed E-state index contributed by atoms with van der Waals surface area (Å²) in [5.74, 6) is 0.209. The second-order valence-corrected chi connectivity index (χ2v) is 5.91.